The number of carbonyl (C=O) groups is 3. The number of hydrogen-bond acceptors (Lipinski definition) is 5. The second-order valence-electron chi connectivity index (χ2n) is 8.31. The molecular formula is C25H29N3O5. The van der Waals surface area contributed by atoms with Gasteiger partial charge in [-0.2, -0.15) is 0 Å². The van der Waals surface area contributed by atoms with Crippen molar-refractivity contribution in [2.75, 3.05) is 51.8 Å². The molecule has 0 saturated carbocycles. The molecule has 0 unspecified atom stereocenters. The van der Waals surface area contributed by atoms with Crippen molar-refractivity contribution >= 4 is 23.4 Å². The van der Waals surface area contributed by atoms with Gasteiger partial charge < -0.3 is 24.2 Å². The Morgan fingerprint density at radius 1 is 0.909 bits per heavy atom. The number of rotatable bonds is 6. The lowest BCUT2D eigenvalue weighted by Gasteiger charge is -2.36. The van der Waals surface area contributed by atoms with E-state index in [0.29, 0.717) is 44.2 Å². The topological polar surface area (TPSA) is 79.4 Å². The molecule has 0 N–H and O–H groups in total. The summed E-state index contributed by atoms with van der Waals surface area (Å²) < 4.78 is 10.6. The molecule has 2 heterocycles. The third kappa shape index (κ3) is 4.94. The minimum Gasteiger partial charge on any atom is -0.493 e. The standard InChI is InChI=1S/C25H29N3O5/c1-32-21-9-8-18(14-22(21)33-2)15-23(29)26-10-12-27(13-11-26)25(31)19-16-24(30)28(17-19)20-6-4-3-5-7-20/h3-9,14,19H,10-13,15-17H2,1-2H3/t19-/m0/s1. The largest absolute Gasteiger partial charge is 0.493 e. The summed E-state index contributed by atoms with van der Waals surface area (Å²) in [5.74, 6) is 0.857. The van der Waals surface area contributed by atoms with Crippen molar-refractivity contribution in [3.63, 3.8) is 0 Å². The molecule has 2 aromatic carbocycles. The van der Waals surface area contributed by atoms with E-state index in [0.717, 1.165) is 11.3 Å². The van der Waals surface area contributed by atoms with Crippen molar-refractivity contribution in [2.24, 2.45) is 5.92 Å². The number of hydrogen-bond donors (Lipinski definition) is 0. The van der Waals surface area contributed by atoms with Gasteiger partial charge in [0.1, 0.15) is 0 Å². The second kappa shape index (κ2) is 9.94. The van der Waals surface area contributed by atoms with E-state index in [2.05, 4.69) is 0 Å². The molecule has 2 aliphatic heterocycles. The third-order valence-corrected chi connectivity index (χ3v) is 6.29. The first kappa shape index (κ1) is 22.6. The van der Waals surface area contributed by atoms with Crippen molar-refractivity contribution in [1.29, 1.82) is 0 Å². The molecule has 8 nitrogen and oxygen atoms in total. The van der Waals surface area contributed by atoms with Gasteiger partial charge >= 0.3 is 0 Å². The van der Waals surface area contributed by atoms with Gasteiger partial charge in [0.15, 0.2) is 11.5 Å². The number of amides is 3. The number of methoxy groups -OCH3 is 2. The highest BCUT2D eigenvalue weighted by atomic mass is 16.5. The fourth-order valence-electron chi connectivity index (χ4n) is 4.44. The number of benzene rings is 2. The minimum absolute atomic E-state index is 0.00577. The van der Waals surface area contributed by atoms with Crippen LogP contribution in [0, 0.1) is 5.92 Å². The van der Waals surface area contributed by atoms with Gasteiger partial charge in [-0.05, 0) is 29.8 Å². The highest BCUT2D eigenvalue weighted by Gasteiger charge is 2.38. The molecule has 174 valence electrons. The average Bonchev–Trinajstić information content (AvgIpc) is 3.25. The fourth-order valence-corrected chi connectivity index (χ4v) is 4.44. The van der Waals surface area contributed by atoms with Gasteiger partial charge in [0, 0.05) is 44.8 Å². The molecule has 1 atom stereocenters. The zero-order chi connectivity index (χ0) is 23.4. The van der Waals surface area contributed by atoms with Crippen LogP contribution in [-0.2, 0) is 20.8 Å². The number of ether oxygens (including phenoxy) is 2. The zero-order valence-electron chi connectivity index (χ0n) is 19.0. The van der Waals surface area contributed by atoms with E-state index < -0.39 is 0 Å². The van der Waals surface area contributed by atoms with Crippen molar-refractivity contribution in [2.45, 2.75) is 12.8 Å². The monoisotopic (exact) mass is 451 g/mol. The minimum atomic E-state index is -0.341. The number of carbonyl (C=O) groups excluding carboxylic acids is 3. The maximum atomic E-state index is 13.0. The Bertz CT molecular complexity index is 1020. The van der Waals surface area contributed by atoms with Crippen molar-refractivity contribution < 1.29 is 23.9 Å². The van der Waals surface area contributed by atoms with E-state index in [4.69, 9.17) is 9.47 Å². The van der Waals surface area contributed by atoms with Crippen LogP contribution in [0.3, 0.4) is 0 Å². The molecule has 4 rings (SSSR count). The molecule has 33 heavy (non-hydrogen) atoms. The molecule has 2 fully saturated rings. The Kier molecular flexibility index (Phi) is 6.82. The molecule has 0 spiro atoms. The summed E-state index contributed by atoms with van der Waals surface area (Å²) in [5.41, 5.74) is 1.67. The van der Waals surface area contributed by atoms with E-state index in [1.54, 1.807) is 35.0 Å². The summed E-state index contributed by atoms with van der Waals surface area (Å²) in [6.07, 6.45) is 0.490. The molecule has 0 aromatic heterocycles. The summed E-state index contributed by atoms with van der Waals surface area (Å²) in [6.45, 7) is 2.33. The van der Waals surface area contributed by atoms with Crippen LogP contribution in [0.2, 0.25) is 0 Å². The van der Waals surface area contributed by atoms with E-state index in [-0.39, 0.29) is 36.5 Å². The van der Waals surface area contributed by atoms with E-state index in [1.807, 2.05) is 42.5 Å². The molecule has 3 amide bonds. The lowest BCUT2D eigenvalue weighted by Crippen LogP contribution is -2.52. The Balaban J connectivity index is 1.30. The van der Waals surface area contributed by atoms with Gasteiger partial charge in [-0.25, -0.2) is 0 Å². The van der Waals surface area contributed by atoms with Crippen molar-refractivity contribution in [3.05, 3.63) is 54.1 Å². The van der Waals surface area contributed by atoms with Gasteiger partial charge in [-0.1, -0.05) is 24.3 Å². The highest BCUT2D eigenvalue weighted by Crippen LogP contribution is 2.28. The van der Waals surface area contributed by atoms with Crippen LogP contribution < -0.4 is 14.4 Å². The summed E-state index contributed by atoms with van der Waals surface area (Å²) >= 11 is 0. The second-order valence-corrected chi connectivity index (χ2v) is 8.31. The maximum Gasteiger partial charge on any atom is 0.228 e. The Hall–Kier alpha value is -3.55. The summed E-state index contributed by atoms with van der Waals surface area (Å²) in [7, 11) is 3.14. The van der Waals surface area contributed by atoms with Crippen LogP contribution in [0.5, 0.6) is 11.5 Å². The first-order chi connectivity index (χ1) is 16.0. The molecule has 0 bridgehead atoms. The molecular weight excluding hydrogens is 422 g/mol. The predicted octanol–water partition coefficient (Wildman–Crippen LogP) is 1.97. The summed E-state index contributed by atoms with van der Waals surface area (Å²) in [6, 6.07) is 14.9. The Morgan fingerprint density at radius 3 is 2.24 bits per heavy atom. The van der Waals surface area contributed by atoms with Crippen LogP contribution in [0.1, 0.15) is 12.0 Å². The van der Waals surface area contributed by atoms with Gasteiger partial charge in [0.05, 0.1) is 26.6 Å². The zero-order valence-corrected chi connectivity index (χ0v) is 19.0. The SMILES string of the molecule is COc1ccc(CC(=O)N2CCN(C(=O)[C@H]3CC(=O)N(c4ccccc4)C3)CC2)cc1OC. The molecule has 2 aliphatic rings. The molecule has 2 aromatic rings. The Morgan fingerprint density at radius 2 is 1.58 bits per heavy atom. The predicted molar refractivity (Wildman–Crippen MR) is 123 cm³/mol. The molecule has 0 aliphatic carbocycles. The molecule has 2 saturated heterocycles. The number of piperazine rings is 1. The van der Waals surface area contributed by atoms with Gasteiger partial charge in [0.2, 0.25) is 17.7 Å². The Labute approximate surface area is 193 Å². The number of nitrogens with zero attached hydrogens (tertiary/aromatic N) is 3. The van der Waals surface area contributed by atoms with E-state index in [9.17, 15) is 14.4 Å². The first-order valence-electron chi connectivity index (χ1n) is 11.1. The van der Waals surface area contributed by atoms with Crippen LogP contribution in [0.15, 0.2) is 48.5 Å². The van der Waals surface area contributed by atoms with Crippen molar-refractivity contribution in [3.8, 4) is 11.5 Å². The van der Waals surface area contributed by atoms with Gasteiger partial charge in [-0.15, -0.1) is 0 Å². The average molecular weight is 452 g/mol. The maximum absolute atomic E-state index is 13.0. The molecule has 0 radical (unpaired) electrons. The lowest BCUT2D eigenvalue weighted by molar-refractivity contribution is -0.141. The lowest BCUT2D eigenvalue weighted by atomic mass is 10.1. The van der Waals surface area contributed by atoms with Gasteiger partial charge in [-0.3, -0.25) is 14.4 Å². The smallest absolute Gasteiger partial charge is 0.228 e. The van der Waals surface area contributed by atoms with Crippen LogP contribution >= 0.6 is 0 Å². The highest BCUT2D eigenvalue weighted by molar-refractivity contribution is 6.00. The van der Waals surface area contributed by atoms with Crippen molar-refractivity contribution in [1.82, 2.24) is 9.80 Å². The van der Waals surface area contributed by atoms with Crippen LogP contribution in [0.4, 0.5) is 5.69 Å². The van der Waals surface area contributed by atoms with Crippen LogP contribution in [-0.4, -0.2) is 74.5 Å². The summed E-state index contributed by atoms with van der Waals surface area (Å²) in [4.78, 5) is 43.6. The van der Waals surface area contributed by atoms with E-state index in [1.165, 1.54) is 0 Å². The number of anilines is 1. The fraction of sp³-hybridized carbons (Fsp3) is 0.400. The number of para-hydroxylation sites is 1. The van der Waals surface area contributed by atoms with E-state index >= 15 is 0 Å². The summed E-state index contributed by atoms with van der Waals surface area (Å²) in [5, 5.41) is 0. The third-order valence-electron chi connectivity index (χ3n) is 6.29. The quantitative estimate of drug-likeness (QED) is 0.671. The molecule has 8 heteroatoms. The first-order valence-corrected chi connectivity index (χ1v) is 11.1. The van der Waals surface area contributed by atoms with Crippen LogP contribution in [0.25, 0.3) is 0 Å². The normalized spacial score (nSPS) is 18.4. The van der Waals surface area contributed by atoms with Gasteiger partial charge in [0.25, 0.3) is 0 Å².